The molecule has 57 heavy (non-hydrogen) atoms. The van der Waals surface area contributed by atoms with Crippen LogP contribution >= 0.6 is 12.2 Å². The van der Waals surface area contributed by atoms with E-state index in [1.165, 1.54) is 0 Å². The standard InChI is InChI=1S/C43H67N3O10S/c1-11-24-13-12-14-32(56-34-16-15-31(45(5)6)22(3)52-34)21(2)38(48)30-19-27-26-17-25(55-42-41(51-10)40(50-9)39(49-8)23(4)53-42)18-29(26)37-36(44-43(57)46(37)7)35(27)28(30)20-33(47)54-24/h19,21-29,31-32,34-35,39-42H,11-18,20H2,1-10H3,(H,44,57)/t21-,22?,23?,24+,25+,26+,27+,28-,29-,31+,32+,34+,35-,39+,40?,41?,42+/m1/s1. The number of esters is 1. The monoisotopic (exact) mass is 817 g/mol. The molecule has 17 atom stereocenters. The van der Waals surface area contributed by atoms with Crippen LogP contribution in [0.2, 0.25) is 0 Å². The second-order valence-corrected chi connectivity index (χ2v) is 18.2. The number of nitrogens with zero attached hydrogens (tertiary/aromatic N) is 2. The first-order chi connectivity index (χ1) is 27.3. The van der Waals surface area contributed by atoms with E-state index < -0.39 is 18.3 Å². The quantitative estimate of drug-likeness (QED) is 0.233. The molecule has 4 heterocycles. The van der Waals surface area contributed by atoms with Crippen molar-refractivity contribution in [2.75, 3.05) is 35.4 Å². The predicted molar refractivity (Wildman–Crippen MR) is 214 cm³/mol. The topological polar surface area (TPSA) is 132 Å². The highest BCUT2D eigenvalue weighted by Gasteiger charge is 2.57. The van der Waals surface area contributed by atoms with E-state index >= 15 is 4.79 Å². The van der Waals surface area contributed by atoms with Gasteiger partial charge in [-0.1, -0.05) is 19.9 Å². The van der Waals surface area contributed by atoms with Gasteiger partial charge >= 0.3 is 5.97 Å². The van der Waals surface area contributed by atoms with Crippen LogP contribution in [-0.4, -0.2) is 129 Å². The number of H-pyrrole nitrogens is 1. The normalized spacial score (nSPS) is 42.6. The summed E-state index contributed by atoms with van der Waals surface area (Å²) in [5.74, 6) is -0.914. The number of aromatic amines is 1. The fourth-order valence-corrected chi connectivity index (χ4v) is 11.7. The molecule has 0 radical (unpaired) electrons. The van der Waals surface area contributed by atoms with Crippen LogP contribution in [0.5, 0.6) is 0 Å². The number of likely N-dealkylation sites (N-methyl/N-ethyl adjacent to an activating group) is 1. The zero-order chi connectivity index (χ0) is 40.9. The van der Waals surface area contributed by atoms with Crippen molar-refractivity contribution in [2.24, 2.45) is 30.7 Å². The van der Waals surface area contributed by atoms with E-state index in [4.69, 9.17) is 50.1 Å². The van der Waals surface area contributed by atoms with Crippen LogP contribution < -0.4 is 0 Å². The third-order valence-corrected chi connectivity index (χ3v) is 14.8. The molecule has 3 aliphatic heterocycles. The summed E-state index contributed by atoms with van der Waals surface area (Å²) in [5, 5.41) is 0. The number of ketones is 1. The molecule has 0 bridgehead atoms. The highest BCUT2D eigenvalue weighted by Crippen LogP contribution is 2.61. The van der Waals surface area contributed by atoms with Crippen molar-refractivity contribution in [1.29, 1.82) is 0 Å². The number of rotatable bonds is 9. The number of fused-ring (bicyclic) bond motifs is 8. The lowest BCUT2D eigenvalue weighted by atomic mass is 9.66. The van der Waals surface area contributed by atoms with E-state index in [0.29, 0.717) is 22.8 Å². The van der Waals surface area contributed by atoms with Crippen molar-refractivity contribution < 1.29 is 47.5 Å². The molecule has 4 unspecified atom stereocenters. The summed E-state index contributed by atoms with van der Waals surface area (Å²) in [7, 11) is 11.1. The van der Waals surface area contributed by atoms with Gasteiger partial charge in [-0.3, -0.25) is 9.59 Å². The number of carbonyl (C=O) groups excluding carboxylic acids is 2. The molecule has 13 nitrogen and oxygen atoms in total. The Morgan fingerprint density at radius 2 is 1.65 bits per heavy atom. The second-order valence-electron chi connectivity index (χ2n) is 17.8. The van der Waals surface area contributed by atoms with Crippen LogP contribution in [0.4, 0.5) is 0 Å². The first kappa shape index (κ1) is 43.1. The van der Waals surface area contributed by atoms with Gasteiger partial charge in [0, 0.05) is 69.5 Å². The lowest BCUT2D eigenvalue weighted by Crippen LogP contribution is -2.59. The summed E-state index contributed by atoms with van der Waals surface area (Å²) in [4.78, 5) is 34.7. The van der Waals surface area contributed by atoms with Gasteiger partial charge in [-0.05, 0) is 109 Å². The summed E-state index contributed by atoms with van der Waals surface area (Å²) in [5.41, 5.74) is 2.86. The summed E-state index contributed by atoms with van der Waals surface area (Å²) in [6.45, 7) is 8.14. The molecule has 320 valence electrons. The zero-order valence-corrected chi connectivity index (χ0v) is 36.5. The number of Topliss-reactive ketones (excluding diaryl/α,β-unsaturated/α-hetero) is 1. The van der Waals surface area contributed by atoms with E-state index in [0.717, 1.165) is 56.3 Å². The maximum absolute atomic E-state index is 15.0. The number of ether oxygens (including phenoxy) is 8. The Labute approximate surface area is 343 Å². The molecule has 3 aliphatic carbocycles. The highest BCUT2D eigenvalue weighted by atomic mass is 32.1. The van der Waals surface area contributed by atoms with Crippen LogP contribution in [0, 0.1) is 28.4 Å². The van der Waals surface area contributed by atoms with E-state index in [1.54, 1.807) is 21.3 Å². The minimum absolute atomic E-state index is 0.0137. The van der Waals surface area contributed by atoms with E-state index in [1.807, 2.05) is 20.9 Å². The summed E-state index contributed by atoms with van der Waals surface area (Å²) in [6.07, 6.45) is 5.33. The molecule has 1 aromatic rings. The molecule has 1 N–H and O–H groups in total. The molecule has 3 saturated heterocycles. The molecule has 1 saturated carbocycles. The van der Waals surface area contributed by atoms with E-state index in [9.17, 15) is 4.79 Å². The molecule has 4 fully saturated rings. The number of methoxy groups -OCH3 is 3. The molecule has 6 aliphatic rings. The number of aromatic nitrogens is 2. The summed E-state index contributed by atoms with van der Waals surface area (Å²) >= 11 is 5.89. The summed E-state index contributed by atoms with van der Waals surface area (Å²) < 4.78 is 52.9. The number of nitrogens with one attached hydrogen (secondary N) is 1. The third-order valence-electron chi connectivity index (χ3n) is 14.4. The fourth-order valence-electron chi connectivity index (χ4n) is 11.5. The predicted octanol–water partition coefficient (Wildman–Crippen LogP) is 5.96. The fraction of sp³-hybridized carbons (Fsp3) is 0.837. The Balaban J connectivity index is 1.20. The van der Waals surface area contributed by atoms with Crippen molar-refractivity contribution in [3.63, 3.8) is 0 Å². The van der Waals surface area contributed by atoms with E-state index in [2.05, 4.69) is 48.5 Å². The van der Waals surface area contributed by atoms with Gasteiger partial charge in [-0.2, -0.15) is 0 Å². The number of cyclic esters (lactones) is 1. The average molecular weight is 818 g/mol. The largest absolute Gasteiger partial charge is 0.462 e. The Morgan fingerprint density at radius 1 is 0.912 bits per heavy atom. The van der Waals surface area contributed by atoms with Crippen molar-refractivity contribution in [3.8, 4) is 0 Å². The number of allylic oxidation sites excluding steroid dienone is 2. The molecule has 0 amide bonds. The van der Waals surface area contributed by atoms with Crippen molar-refractivity contribution in [1.82, 2.24) is 14.5 Å². The van der Waals surface area contributed by atoms with Gasteiger partial charge in [0.1, 0.15) is 24.4 Å². The molecule has 0 aromatic carbocycles. The third kappa shape index (κ3) is 8.25. The number of imidazole rings is 1. The van der Waals surface area contributed by atoms with Gasteiger partial charge in [-0.15, -0.1) is 0 Å². The van der Waals surface area contributed by atoms with Crippen LogP contribution in [0.1, 0.15) is 109 Å². The first-order valence-electron chi connectivity index (χ1n) is 21.4. The molecule has 7 rings (SSSR count). The molecule has 14 heteroatoms. The number of hydrogen-bond acceptors (Lipinski definition) is 12. The summed E-state index contributed by atoms with van der Waals surface area (Å²) in [6, 6.07) is 0.318. The Morgan fingerprint density at radius 3 is 2.32 bits per heavy atom. The Kier molecular flexibility index (Phi) is 13.5. The number of carbonyl (C=O) groups is 2. The SMILES string of the molecule is CC[C@H]1CCC[C@H](O[C@H]2CC[C@H](N(C)C)C(C)O2)[C@@H](C)C(=O)C2=C[C@H]3[C@@H]4C[C@H](O[C@@H]5OC(C)[C@H](OC)C(OC)C5OC)C[C@H]4c4c([nH]c(=S)n4C)[C@H]3[C@@H]2CC(=O)O1. The van der Waals surface area contributed by atoms with Crippen LogP contribution in [0.15, 0.2) is 11.6 Å². The Bertz CT molecular complexity index is 1680. The van der Waals surface area contributed by atoms with Crippen LogP contribution in [0.25, 0.3) is 0 Å². The number of hydrogen-bond donors (Lipinski definition) is 1. The molecular formula is C43H67N3O10S. The van der Waals surface area contributed by atoms with Crippen LogP contribution in [-0.2, 0) is 54.5 Å². The van der Waals surface area contributed by atoms with Gasteiger partial charge in [0.2, 0.25) is 0 Å². The van der Waals surface area contributed by atoms with Gasteiger partial charge in [0.25, 0.3) is 0 Å². The maximum atomic E-state index is 15.0. The van der Waals surface area contributed by atoms with Crippen molar-refractivity contribution >= 4 is 24.0 Å². The first-order valence-corrected chi connectivity index (χ1v) is 21.8. The lowest BCUT2D eigenvalue weighted by Gasteiger charge is -2.44. The highest BCUT2D eigenvalue weighted by molar-refractivity contribution is 7.71. The minimum Gasteiger partial charge on any atom is -0.462 e. The lowest BCUT2D eigenvalue weighted by molar-refractivity contribution is -0.314. The van der Waals surface area contributed by atoms with Crippen molar-refractivity contribution in [2.45, 2.75) is 165 Å². The molecular weight excluding hydrogens is 751 g/mol. The minimum atomic E-state index is -0.654. The maximum Gasteiger partial charge on any atom is 0.306 e. The van der Waals surface area contributed by atoms with Crippen LogP contribution in [0.3, 0.4) is 0 Å². The van der Waals surface area contributed by atoms with Gasteiger partial charge in [-0.25, -0.2) is 0 Å². The average Bonchev–Trinajstić information content (AvgIpc) is 3.85. The molecule has 1 aromatic heterocycles. The van der Waals surface area contributed by atoms with Crippen molar-refractivity contribution in [3.05, 3.63) is 27.8 Å². The smallest absolute Gasteiger partial charge is 0.306 e. The zero-order valence-electron chi connectivity index (χ0n) is 35.6. The van der Waals surface area contributed by atoms with E-state index in [-0.39, 0.29) is 96.8 Å². The molecule has 0 spiro atoms. The second kappa shape index (κ2) is 17.9. The van der Waals surface area contributed by atoms with Gasteiger partial charge < -0.3 is 52.3 Å². The van der Waals surface area contributed by atoms with Gasteiger partial charge in [0.15, 0.2) is 23.1 Å². The Hall–Kier alpha value is -2.01. The van der Waals surface area contributed by atoms with Gasteiger partial charge in [0.05, 0.1) is 30.8 Å².